The van der Waals surface area contributed by atoms with Crippen LogP contribution in [0.1, 0.15) is 26.5 Å². The molecule has 8 heteroatoms. The molecule has 0 saturated heterocycles. The molecule has 1 N–H and O–H groups in total. The minimum atomic E-state index is -3.33. The number of aromatic nitrogens is 3. The second-order valence-corrected chi connectivity index (χ2v) is 12.0. The highest BCUT2D eigenvalue weighted by atomic mass is 35.5. The Morgan fingerprint density at radius 3 is 2.46 bits per heavy atom. The van der Waals surface area contributed by atoms with Crippen molar-refractivity contribution in [3.63, 3.8) is 0 Å². The SMILES string of the molecule is CCS(=O)(=O)c1cccc(-c2ccc(-n3cc(C(C)(C)O)nc3-c3nccc4ccccc34)c(Cl)c2)c1. The quantitative estimate of drug-likeness (QED) is 0.273. The smallest absolute Gasteiger partial charge is 0.178 e. The van der Waals surface area contributed by atoms with Crippen molar-refractivity contribution in [2.75, 3.05) is 5.75 Å². The first-order valence-electron chi connectivity index (χ1n) is 11.9. The van der Waals surface area contributed by atoms with Gasteiger partial charge in [-0.15, -0.1) is 0 Å². The van der Waals surface area contributed by atoms with Gasteiger partial charge in [-0.1, -0.05) is 61.0 Å². The Balaban J connectivity index is 1.66. The summed E-state index contributed by atoms with van der Waals surface area (Å²) in [4.78, 5) is 9.68. The average molecular weight is 532 g/mol. The van der Waals surface area contributed by atoms with Gasteiger partial charge >= 0.3 is 0 Å². The van der Waals surface area contributed by atoms with E-state index < -0.39 is 15.4 Å². The number of pyridine rings is 1. The molecule has 5 aromatic rings. The van der Waals surface area contributed by atoms with Crippen molar-refractivity contribution in [2.24, 2.45) is 0 Å². The molecule has 0 unspecified atom stereocenters. The van der Waals surface area contributed by atoms with Crippen LogP contribution in [0.5, 0.6) is 0 Å². The number of sulfone groups is 1. The maximum atomic E-state index is 12.4. The third kappa shape index (κ3) is 4.78. The second-order valence-electron chi connectivity index (χ2n) is 9.36. The van der Waals surface area contributed by atoms with E-state index in [1.165, 1.54) is 0 Å². The van der Waals surface area contributed by atoms with E-state index in [9.17, 15) is 13.5 Å². The maximum absolute atomic E-state index is 12.4. The van der Waals surface area contributed by atoms with Gasteiger partial charge in [0.05, 0.1) is 27.1 Å². The van der Waals surface area contributed by atoms with E-state index in [-0.39, 0.29) is 10.6 Å². The number of hydrogen-bond acceptors (Lipinski definition) is 5. The summed E-state index contributed by atoms with van der Waals surface area (Å²) in [5.74, 6) is 0.588. The normalized spacial score (nSPS) is 12.2. The summed E-state index contributed by atoms with van der Waals surface area (Å²) in [6, 6.07) is 22.3. The first-order valence-corrected chi connectivity index (χ1v) is 13.9. The van der Waals surface area contributed by atoms with Gasteiger partial charge in [0.25, 0.3) is 0 Å². The molecule has 37 heavy (non-hydrogen) atoms. The topological polar surface area (TPSA) is 85.1 Å². The van der Waals surface area contributed by atoms with Crippen molar-refractivity contribution in [1.29, 1.82) is 0 Å². The first-order chi connectivity index (χ1) is 17.6. The zero-order valence-electron chi connectivity index (χ0n) is 20.7. The number of nitrogens with zero attached hydrogens (tertiary/aromatic N) is 3. The Morgan fingerprint density at radius 1 is 0.973 bits per heavy atom. The van der Waals surface area contributed by atoms with Crippen LogP contribution in [0.4, 0.5) is 0 Å². The van der Waals surface area contributed by atoms with Crippen molar-refractivity contribution in [2.45, 2.75) is 31.3 Å². The van der Waals surface area contributed by atoms with Crippen LogP contribution in [0.2, 0.25) is 5.02 Å². The fourth-order valence-corrected chi connectivity index (χ4v) is 5.44. The molecule has 0 spiro atoms. The number of halogens is 1. The van der Waals surface area contributed by atoms with Crippen molar-refractivity contribution in [3.05, 3.63) is 95.9 Å². The lowest BCUT2D eigenvalue weighted by atomic mass is 10.1. The van der Waals surface area contributed by atoms with Gasteiger partial charge in [-0.3, -0.25) is 9.55 Å². The summed E-state index contributed by atoms with van der Waals surface area (Å²) in [6.07, 6.45) is 3.51. The summed E-state index contributed by atoms with van der Waals surface area (Å²) >= 11 is 6.82. The van der Waals surface area contributed by atoms with E-state index in [0.29, 0.717) is 27.9 Å². The molecule has 2 aromatic heterocycles. The Bertz CT molecular complexity index is 1730. The van der Waals surface area contributed by atoms with E-state index >= 15 is 0 Å². The molecule has 0 bridgehead atoms. The third-order valence-corrected chi connectivity index (χ3v) is 8.37. The van der Waals surface area contributed by atoms with Crippen LogP contribution in [-0.4, -0.2) is 33.8 Å². The molecule has 0 aliphatic rings. The van der Waals surface area contributed by atoms with Crippen LogP contribution in [-0.2, 0) is 15.4 Å². The van der Waals surface area contributed by atoms with Crippen LogP contribution in [0.15, 0.2) is 90.1 Å². The van der Waals surface area contributed by atoms with Crippen LogP contribution >= 0.6 is 11.6 Å². The van der Waals surface area contributed by atoms with Crippen molar-refractivity contribution in [1.82, 2.24) is 14.5 Å². The minimum absolute atomic E-state index is 0.0330. The minimum Gasteiger partial charge on any atom is -0.384 e. The predicted octanol–water partition coefficient (Wildman–Crippen LogP) is 6.43. The molecule has 0 fully saturated rings. The number of benzene rings is 3. The first kappa shape index (κ1) is 25.1. The number of fused-ring (bicyclic) bond motifs is 1. The molecule has 3 aromatic carbocycles. The van der Waals surface area contributed by atoms with Gasteiger partial charge in [0.15, 0.2) is 15.7 Å². The molecule has 0 radical (unpaired) electrons. The number of hydrogen-bond donors (Lipinski definition) is 1. The molecule has 0 aliphatic carbocycles. The average Bonchev–Trinajstić information content (AvgIpc) is 3.34. The van der Waals surface area contributed by atoms with Gasteiger partial charge in [0.2, 0.25) is 0 Å². The number of aliphatic hydroxyl groups is 1. The van der Waals surface area contributed by atoms with E-state index in [0.717, 1.165) is 21.9 Å². The van der Waals surface area contributed by atoms with Crippen LogP contribution in [0.3, 0.4) is 0 Å². The highest BCUT2D eigenvalue weighted by Crippen LogP contribution is 2.35. The molecular weight excluding hydrogens is 506 g/mol. The third-order valence-electron chi connectivity index (χ3n) is 6.33. The molecule has 0 amide bonds. The molecular formula is C29H26ClN3O3S. The number of rotatable bonds is 6. The van der Waals surface area contributed by atoms with E-state index in [2.05, 4.69) is 4.98 Å². The summed E-state index contributed by atoms with van der Waals surface area (Å²) in [7, 11) is -3.33. The van der Waals surface area contributed by atoms with Gasteiger partial charge in [-0.05, 0) is 60.7 Å². The van der Waals surface area contributed by atoms with Gasteiger partial charge in [-0.2, -0.15) is 0 Å². The van der Waals surface area contributed by atoms with E-state index in [4.69, 9.17) is 16.6 Å². The lowest BCUT2D eigenvalue weighted by Crippen LogP contribution is -2.15. The largest absolute Gasteiger partial charge is 0.384 e. The van der Waals surface area contributed by atoms with E-state index in [1.807, 2.05) is 53.1 Å². The van der Waals surface area contributed by atoms with Gasteiger partial charge < -0.3 is 5.11 Å². The van der Waals surface area contributed by atoms with Crippen molar-refractivity contribution < 1.29 is 13.5 Å². The lowest BCUT2D eigenvalue weighted by molar-refractivity contribution is 0.0743. The Kier molecular flexibility index (Phi) is 6.40. The standard InChI is InChI=1S/C29H26ClN3O3S/c1-4-37(35,36)22-10-7-9-20(16-22)21-12-13-25(24(30)17-21)33-18-26(29(2,3)34)32-28(33)27-23-11-6-5-8-19(23)14-15-31-27/h5-18,34H,4H2,1-3H3. The highest BCUT2D eigenvalue weighted by molar-refractivity contribution is 7.91. The van der Waals surface area contributed by atoms with Crippen molar-refractivity contribution in [3.8, 4) is 28.3 Å². The molecule has 0 atom stereocenters. The summed E-state index contributed by atoms with van der Waals surface area (Å²) in [5, 5.41) is 13.1. The summed E-state index contributed by atoms with van der Waals surface area (Å²) in [6.45, 7) is 4.99. The van der Waals surface area contributed by atoms with Gasteiger partial charge in [-0.25, -0.2) is 13.4 Å². The fraction of sp³-hybridized carbons (Fsp3) is 0.172. The molecule has 188 valence electrons. The Labute approximate surface area is 221 Å². The lowest BCUT2D eigenvalue weighted by Gasteiger charge is -2.13. The van der Waals surface area contributed by atoms with Crippen LogP contribution < -0.4 is 0 Å². The van der Waals surface area contributed by atoms with Gasteiger partial charge in [0.1, 0.15) is 11.3 Å². The molecule has 0 aliphatic heterocycles. The fourth-order valence-electron chi connectivity index (χ4n) is 4.24. The second kappa shape index (κ2) is 9.41. The van der Waals surface area contributed by atoms with Gasteiger partial charge in [0, 0.05) is 17.8 Å². The number of imidazole rings is 1. The maximum Gasteiger partial charge on any atom is 0.178 e. The summed E-state index contributed by atoms with van der Waals surface area (Å²) < 4.78 is 26.6. The van der Waals surface area contributed by atoms with Crippen molar-refractivity contribution >= 4 is 32.2 Å². The Morgan fingerprint density at radius 2 is 1.73 bits per heavy atom. The molecule has 5 rings (SSSR count). The van der Waals surface area contributed by atoms with E-state index in [1.54, 1.807) is 57.4 Å². The highest BCUT2D eigenvalue weighted by Gasteiger charge is 2.25. The molecule has 6 nitrogen and oxygen atoms in total. The molecule has 2 heterocycles. The van der Waals surface area contributed by atoms with Crippen LogP contribution in [0.25, 0.3) is 39.1 Å². The predicted molar refractivity (Wildman–Crippen MR) is 148 cm³/mol. The monoisotopic (exact) mass is 531 g/mol. The molecule has 0 saturated carbocycles. The summed E-state index contributed by atoms with van der Waals surface area (Å²) in [5.41, 5.74) is 2.18. The Hall–Kier alpha value is -3.52. The zero-order valence-corrected chi connectivity index (χ0v) is 22.3. The zero-order chi connectivity index (χ0) is 26.4. The van der Waals surface area contributed by atoms with Crippen LogP contribution in [0, 0.1) is 0 Å².